The van der Waals surface area contributed by atoms with Gasteiger partial charge in [0.25, 0.3) is 0 Å². The van der Waals surface area contributed by atoms with Crippen LogP contribution in [-0.2, 0) is 38.3 Å². The maximum atomic E-state index is 12.6. The molecular formula is C36H70O12S. The van der Waals surface area contributed by atoms with Gasteiger partial charge in [0.15, 0.2) is 6.29 Å². The fourth-order valence-corrected chi connectivity index (χ4v) is 6.53. The highest BCUT2D eigenvalue weighted by molar-refractivity contribution is 7.80. The molecule has 0 aliphatic carbocycles. The van der Waals surface area contributed by atoms with Crippen molar-refractivity contribution in [3.63, 3.8) is 0 Å². The third-order valence-corrected chi connectivity index (χ3v) is 9.44. The predicted molar refractivity (Wildman–Crippen MR) is 188 cm³/mol. The molecule has 0 amide bonds. The van der Waals surface area contributed by atoms with E-state index < -0.39 is 59.8 Å². The number of hydrogen-bond donors (Lipinski definition) is 4. The normalized spacial score (nSPS) is 22.0. The first-order chi connectivity index (χ1) is 23.6. The molecule has 0 aromatic carbocycles. The van der Waals surface area contributed by atoms with Crippen LogP contribution in [0.25, 0.3) is 0 Å². The van der Waals surface area contributed by atoms with E-state index in [1.807, 2.05) is 0 Å². The number of aliphatic hydroxyl groups excluding tert-OH is 3. The third kappa shape index (κ3) is 24.1. The molecule has 1 heterocycles. The summed E-state index contributed by atoms with van der Waals surface area (Å²) in [6.07, 6.45) is 17.4. The van der Waals surface area contributed by atoms with Crippen molar-refractivity contribution in [1.82, 2.24) is 0 Å². The molecule has 1 rings (SSSR count). The number of rotatable bonds is 33. The van der Waals surface area contributed by atoms with E-state index in [9.17, 15) is 28.5 Å². The number of carbonyl (C=O) groups is 1. The highest BCUT2D eigenvalue weighted by atomic mass is 32.3. The summed E-state index contributed by atoms with van der Waals surface area (Å²) in [4.78, 5) is 12.6. The van der Waals surface area contributed by atoms with Crippen LogP contribution in [0.1, 0.15) is 162 Å². The molecular weight excluding hydrogens is 656 g/mol. The lowest BCUT2D eigenvalue weighted by Gasteiger charge is -2.41. The summed E-state index contributed by atoms with van der Waals surface area (Å²) in [7, 11) is -5.05. The maximum absolute atomic E-state index is 12.6. The second-order valence-corrected chi connectivity index (χ2v) is 14.6. The second kappa shape index (κ2) is 29.7. The number of hydrogen-bond acceptors (Lipinski definition) is 11. The number of ether oxygens (including phenoxy) is 4. The number of esters is 1. The summed E-state index contributed by atoms with van der Waals surface area (Å²) in [5.41, 5.74) is 0. The van der Waals surface area contributed by atoms with Crippen LogP contribution in [0.3, 0.4) is 0 Å². The van der Waals surface area contributed by atoms with Gasteiger partial charge >= 0.3 is 16.4 Å². The Hall–Kier alpha value is -0.900. The van der Waals surface area contributed by atoms with E-state index in [4.69, 9.17) is 23.5 Å². The summed E-state index contributed by atoms with van der Waals surface area (Å²) in [5, 5.41) is 30.4. The minimum atomic E-state index is -5.05. The molecule has 0 radical (unpaired) electrons. The third-order valence-electron chi connectivity index (χ3n) is 8.98. The SMILES string of the molecule is CCCCCCCCCCCCCCCCCOCC(COC1OC(CO)C(O)C(OS(=O)(=O)O)C1O)OC(=O)CCCCCCCCC. The van der Waals surface area contributed by atoms with Gasteiger partial charge < -0.3 is 34.3 Å². The van der Waals surface area contributed by atoms with Crippen LogP contribution >= 0.6 is 0 Å². The molecule has 292 valence electrons. The Morgan fingerprint density at radius 3 is 1.63 bits per heavy atom. The van der Waals surface area contributed by atoms with Crippen LogP contribution in [0.2, 0.25) is 0 Å². The summed E-state index contributed by atoms with van der Waals surface area (Å²) >= 11 is 0. The van der Waals surface area contributed by atoms with Crippen molar-refractivity contribution in [2.24, 2.45) is 0 Å². The van der Waals surface area contributed by atoms with E-state index in [1.165, 1.54) is 96.3 Å². The van der Waals surface area contributed by atoms with E-state index in [1.54, 1.807) is 0 Å². The van der Waals surface area contributed by atoms with Crippen LogP contribution in [0.15, 0.2) is 0 Å². The molecule has 0 aromatic heterocycles. The molecule has 0 bridgehead atoms. The average molecular weight is 727 g/mol. The Balaban J connectivity index is 2.44. The first kappa shape index (κ1) is 46.1. The molecule has 6 unspecified atom stereocenters. The van der Waals surface area contributed by atoms with Gasteiger partial charge in [0.05, 0.1) is 19.8 Å². The summed E-state index contributed by atoms with van der Waals surface area (Å²) in [5.74, 6) is -0.404. The number of carbonyl (C=O) groups excluding carboxylic acids is 1. The first-order valence-corrected chi connectivity index (χ1v) is 20.7. The van der Waals surface area contributed by atoms with Crippen LogP contribution in [0.5, 0.6) is 0 Å². The van der Waals surface area contributed by atoms with Crippen LogP contribution in [-0.4, -0.2) is 97.5 Å². The molecule has 1 aliphatic heterocycles. The fourth-order valence-electron chi connectivity index (χ4n) is 6.02. The van der Waals surface area contributed by atoms with E-state index in [0.29, 0.717) is 13.0 Å². The van der Waals surface area contributed by atoms with Crippen molar-refractivity contribution >= 4 is 16.4 Å². The monoisotopic (exact) mass is 726 g/mol. The van der Waals surface area contributed by atoms with Gasteiger partial charge in [-0.05, 0) is 12.8 Å². The maximum Gasteiger partial charge on any atom is 0.397 e. The zero-order valence-electron chi connectivity index (χ0n) is 30.5. The van der Waals surface area contributed by atoms with E-state index >= 15 is 0 Å². The zero-order valence-corrected chi connectivity index (χ0v) is 31.3. The molecule has 6 atom stereocenters. The van der Waals surface area contributed by atoms with Crippen molar-refractivity contribution in [3.8, 4) is 0 Å². The van der Waals surface area contributed by atoms with Gasteiger partial charge in [-0.1, -0.05) is 142 Å². The summed E-state index contributed by atoms with van der Waals surface area (Å²) < 4.78 is 58.6. The first-order valence-electron chi connectivity index (χ1n) is 19.3. The lowest BCUT2D eigenvalue weighted by molar-refractivity contribution is -0.301. The zero-order chi connectivity index (χ0) is 36.2. The Morgan fingerprint density at radius 2 is 1.16 bits per heavy atom. The molecule has 49 heavy (non-hydrogen) atoms. The highest BCUT2D eigenvalue weighted by Crippen LogP contribution is 2.26. The molecule has 0 aromatic rings. The fraction of sp³-hybridized carbons (Fsp3) is 0.972. The molecule has 1 saturated heterocycles. The lowest BCUT2D eigenvalue weighted by Crippen LogP contribution is -2.60. The number of aliphatic hydroxyl groups is 3. The van der Waals surface area contributed by atoms with Gasteiger partial charge in [0.2, 0.25) is 0 Å². The average Bonchev–Trinajstić information content (AvgIpc) is 3.06. The van der Waals surface area contributed by atoms with Crippen molar-refractivity contribution in [1.29, 1.82) is 0 Å². The molecule has 12 nitrogen and oxygen atoms in total. The van der Waals surface area contributed by atoms with Crippen LogP contribution in [0.4, 0.5) is 0 Å². The summed E-state index contributed by atoms with van der Waals surface area (Å²) in [6, 6.07) is 0. The van der Waals surface area contributed by atoms with Crippen molar-refractivity contribution in [2.45, 2.75) is 198 Å². The Labute approximate surface area is 296 Å². The van der Waals surface area contributed by atoms with Gasteiger partial charge in [-0.2, -0.15) is 8.42 Å². The predicted octanol–water partition coefficient (Wildman–Crippen LogP) is 6.57. The van der Waals surface area contributed by atoms with Crippen molar-refractivity contribution in [3.05, 3.63) is 0 Å². The van der Waals surface area contributed by atoms with Gasteiger partial charge in [-0.15, -0.1) is 0 Å². The molecule has 13 heteroatoms. The Kier molecular flexibility index (Phi) is 27.9. The molecule has 1 aliphatic rings. The number of unbranched alkanes of at least 4 members (excludes halogenated alkanes) is 20. The largest absolute Gasteiger partial charge is 0.457 e. The molecule has 0 saturated carbocycles. The minimum absolute atomic E-state index is 0.0428. The van der Waals surface area contributed by atoms with Gasteiger partial charge in [0.1, 0.15) is 30.5 Å². The van der Waals surface area contributed by atoms with Crippen molar-refractivity contribution in [2.75, 3.05) is 26.4 Å². The highest BCUT2D eigenvalue weighted by Gasteiger charge is 2.48. The van der Waals surface area contributed by atoms with E-state index in [-0.39, 0.29) is 19.6 Å². The Morgan fingerprint density at radius 1 is 0.694 bits per heavy atom. The van der Waals surface area contributed by atoms with Gasteiger partial charge in [-0.3, -0.25) is 9.35 Å². The Bertz CT molecular complexity index is 889. The van der Waals surface area contributed by atoms with E-state index in [2.05, 4.69) is 18.0 Å². The second-order valence-electron chi connectivity index (χ2n) is 13.5. The smallest absolute Gasteiger partial charge is 0.397 e. The quantitative estimate of drug-likeness (QED) is 0.0325. The standard InChI is InChI=1S/C36H70O12S/c1-3-5-7-9-11-12-13-14-15-16-17-18-20-22-24-26-44-28-30(46-32(38)25-23-21-19-10-8-6-4-2)29-45-36-34(40)35(48-49(41,42)43)33(39)31(27-37)47-36/h30-31,33-37,39-40H,3-29H2,1-2H3,(H,41,42,43). The lowest BCUT2D eigenvalue weighted by atomic mass is 9.99. The van der Waals surface area contributed by atoms with Gasteiger partial charge in [0, 0.05) is 13.0 Å². The van der Waals surface area contributed by atoms with E-state index in [0.717, 1.165) is 38.5 Å². The minimum Gasteiger partial charge on any atom is -0.457 e. The summed E-state index contributed by atoms with van der Waals surface area (Å²) in [6.45, 7) is 3.94. The molecule has 1 fully saturated rings. The van der Waals surface area contributed by atoms with Crippen molar-refractivity contribution < 1.29 is 56.2 Å². The topological polar surface area (TPSA) is 178 Å². The van der Waals surface area contributed by atoms with Crippen LogP contribution < -0.4 is 0 Å². The molecule has 0 spiro atoms. The van der Waals surface area contributed by atoms with Crippen LogP contribution in [0, 0.1) is 0 Å². The van der Waals surface area contributed by atoms with Gasteiger partial charge in [-0.25, -0.2) is 4.18 Å². The molecule has 4 N–H and O–H groups in total.